The molecule has 0 amide bonds. The number of rotatable bonds is 10. The molecule has 1 N–H and O–H groups in total. The number of piperidine rings is 1. The first-order chi connectivity index (χ1) is 22.0. The molecule has 10 nitrogen and oxygen atoms in total. The van der Waals surface area contributed by atoms with E-state index in [1.807, 2.05) is 0 Å². The van der Waals surface area contributed by atoms with Gasteiger partial charge in [0.25, 0.3) is 11.2 Å². The number of nitrogens with one attached hydrogen (secondary N) is 1. The van der Waals surface area contributed by atoms with Gasteiger partial charge in [0, 0.05) is 67.4 Å². The maximum Gasteiger partial charge on any atom is 0.401 e. The molecule has 6 rings (SSSR count). The zero-order valence-electron chi connectivity index (χ0n) is 25.2. The van der Waals surface area contributed by atoms with E-state index < -0.39 is 29.0 Å². The lowest BCUT2D eigenvalue weighted by Crippen LogP contribution is -2.54. The number of anilines is 1. The summed E-state index contributed by atoms with van der Waals surface area (Å²) in [5.41, 5.74) is 0.715. The first-order valence-corrected chi connectivity index (χ1v) is 16.5. The number of H-pyrrole nitrogens is 1. The predicted octanol–water partition coefficient (Wildman–Crippen LogP) is 5.21. The van der Waals surface area contributed by atoms with Crippen molar-refractivity contribution in [2.45, 2.75) is 48.9 Å². The number of benzene rings is 2. The van der Waals surface area contributed by atoms with Gasteiger partial charge in [0.2, 0.25) is 0 Å². The number of hydrogen-bond donors (Lipinski definition) is 1. The van der Waals surface area contributed by atoms with E-state index in [1.165, 1.54) is 34.9 Å². The molecule has 2 saturated heterocycles. The first-order valence-electron chi connectivity index (χ1n) is 15.5. The van der Waals surface area contributed by atoms with Crippen LogP contribution in [0.15, 0.2) is 41.2 Å². The van der Waals surface area contributed by atoms with Crippen molar-refractivity contribution in [2.75, 3.05) is 57.3 Å². The molecule has 1 aliphatic carbocycles. The number of nitrogens with zero attached hydrogens (tertiary/aromatic N) is 5. The van der Waals surface area contributed by atoms with E-state index in [-0.39, 0.29) is 21.8 Å². The Labute approximate surface area is 267 Å². The van der Waals surface area contributed by atoms with Crippen molar-refractivity contribution in [3.05, 3.63) is 68.5 Å². The summed E-state index contributed by atoms with van der Waals surface area (Å²) >= 11 is 1.54. The van der Waals surface area contributed by atoms with Crippen LogP contribution in [0.4, 0.5) is 28.9 Å². The highest BCUT2D eigenvalue weighted by atomic mass is 32.2. The standard InChI is InChI=1S/C31H36F4N6O4S/c32-26-15-24(16-27-29(26)30(42)37-28(36-27)18-46-25-5-7-38(8-6-25)19-31(33,34)35)45-17-20-13-23(14-20)40-11-9-39(10-12-40)21-1-3-22(4-2-21)41(43)44/h1-4,15-16,20,23,25H,5-14,17-19H2,(H,36,37,42). The minimum absolute atomic E-state index is 0.0852. The van der Waals surface area contributed by atoms with Crippen LogP contribution in [0.1, 0.15) is 31.5 Å². The molecule has 3 aromatic rings. The second-order valence-electron chi connectivity index (χ2n) is 12.3. The maximum absolute atomic E-state index is 14.9. The molecule has 1 saturated carbocycles. The minimum atomic E-state index is -4.20. The monoisotopic (exact) mass is 664 g/mol. The average molecular weight is 665 g/mol. The molecule has 0 unspecified atom stereocenters. The number of fused-ring (bicyclic) bond motifs is 1. The normalized spacial score (nSPS) is 21.8. The molecule has 0 bridgehead atoms. The largest absolute Gasteiger partial charge is 0.493 e. The number of nitro groups is 1. The molecule has 0 atom stereocenters. The molecule has 15 heteroatoms. The lowest BCUT2D eigenvalue weighted by molar-refractivity contribution is -0.384. The van der Waals surface area contributed by atoms with E-state index >= 15 is 0 Å². The van der Waals surface area contributed by atoms with Gasteiger partial charge in [0.15, 0.2) is 0 Å². The quantitative estimate of drug-likeness (QED) is 0.178. The summed E-state index contributed by atoms with van der Waals surface area (Å²) in [6, 6.07) is 9.92. The molecule has 248 valence electrons. The van der Waals surface area contributed by atoms with Crippen molar-refractivity contribution in [3.63, 3.8) is 0 Å². The molecule has 3 heterocycles. The van der Waals surface area contributed by atoms with E-state index in [2.05, 4.69) is 19.8 Å². The number of aromatic amines is 1. The van der Waals surface area contributed by atoms with Gasteiger partial charge >= 0.3 is 6.18 Å². The zero-order chi connectivity index (χ0) is 32.4. The number of nitro benzene ring substituents is 1. The molecule has 46 heavy (non-hydrogen) atoms. The molecule has 0 radical (unpaired) electrons. The molecule has 3 fully saturated rings. The zero-order valence-corrected chi connectivity index (χ0v) is 26.0. The smallest absolute Gasteiger partial charge is 0.401 e. The van der Waals surface area contributed by atoms with Gasteiger partial charge in [-0.1, -0.05) is 0 Å². The van der Waals surface area contributed by atoms with Crippen LogP contribution in [0.3, 0.4) is 0 Å². The van der Waals surface area contributed by atoms with Crippen LogP contribution < -0.4 is 15.2 Å². The number of alkyl halides is 3. The van der Waals surface area contributed by atoms with E-state index in [4.69, 9.17) is 4.74 Å². The molecular formula is C31H36F4N6O4S. The van der Waals surface area contributed by atoms with Gasteiger partial charge in [-0.15, -0.1) is 0 Å². The van der Waals surface area contributed by atoms with Gasteiger partial charge in [-0.25, -0.2) is 9.37 Å². The summed E-state index contributed by atoms with van der Waals surface area (Å²) in [5, 5.41) is 10.9. The van der Waals surface area contributed by atoms with Gasteiger partial charge in [-0.3, -0.25) is 24.7 Å². The van der Waals surface area contributed by atoms with Gasteiger partial charge < -0.3 is 14.6 Å². The Morgan fingerprint density at radius 2 is 1.74 bits per heavy atom. The van der Waals surface area contributed by atoms with Gasteiger partial charge in [0.1, 0.15) is 22.8 Å². The topological polar surface area (TPSA) is 108 Å². The number of hydrogen-bond acceptors (Lipinski definition) is 9. The number of thioether (sulfide) groups is 1. The Bertz CT molecular complexity index is 1580. The second kappa shape index (κ2) is 13.7. The highest BCUT2D eigenvalue weighted by Crippen LogP contribution is 2.34. The van der Waals surface area contributed by atoms with Crippen LogP contribution in [0, 0.1) is 21.8 Å². The maximum atomic E-state index is 14.9. The number of aromatic nitrogens is 2. The van der Waals surface area contributed by atoms with Crippen molar-refractivity contribution in [1.82, 2.24) is 19.8 Å². The Kier molecular flexibility index (Phi) is 9.71. The van der Waals surface area contributed by atoms with Gasteiger partial charge in [-0.2, -0.15) is 24.9 Å². The van der Waals surface area contributed by atoms with Crippen LogP contribution in [-0.2, 0) is 5.75 Å². The molecule has 2 aromatic carbocycles. The summed E-state index contributed by atoms with van der Waals surface area (Å²) in [4.78, 5) is 36.4. The first kappa shape index (κ1) is 32.5. The summed E-state index contributed by atoms with van der Waals surface area (Å²) in [6.07, 6.45) is -1.02. The van der Waals surface area contributed by atoms with Crippen LogP contribution in [0.2, 0.25) is 0 Å². The molecule has 0 spiro atoms. The number of likely N-dealkylation sites (tertiary alicyclic amines) is 1. The molecule has 1 aromatic heterocycles. The Morgan fingerprint density at radius 1 is 1.04 bits per heavy atom. The number of piperazine rings is 1. The Balaban J connectivity index is 0.964. The highest BCUT2D eigenvalue weighted by Gasteiger charge is 2.36. The average Bonchev–Trinajstić information content (AvgIpc) is 2.99. The Hall–Kier alpha value is -3.43. The van der Waals surface area contributed by atoms with E-state index in [0.717, 1.165) is 44.7 Å². The van der Waals surface area contributed by atoms with Crippen molar-refractivity contribution >= 4 is 34.0 Å². The number of non-ortho nitro benzene ring substituents is 1. The lowest BCUT2D eigenvalue weighted by Gasteiger charge is -2.46. The summed E-state index contributed by atoms with van der Waals surface area (Å²) in [6.45, 7) is 3.78. The fourth-order valence-electron chi connectivity index (χ4n) is 6.56. The number of halogens is 4. The Morgan fingerprint density at radius 3 is 2.39 bits per heavy atom. The molecule has 2 aliphatic heterocycles. The minimum Gasteiger partial charge on any atom is -0.493 e. The predicted molar refractivity (Wildman–Crippen MR) is 168 cm³/mol. The van der Waals surface area contributed by atoms with Crippen LogP contribution in [0.5, 0.6) is 5.75 Å². The second-order valence-corrected chi connectivity index (χ2v) is 13.6. The third-order valence-corrected chi connectivity index (χ3v) is 10.5. The van der Waals surface area contributed by atoms with E-state index in [0.29, 0.717) is 61.8 Å². The third-order valence-electron chi connectivity index (χ3n) is 9.13. The third kappa shape index (κ3) is 7.92. The lowest BCUT2D eigenvalue weighted by atomic mass is 9.79. The van der Waals surface area contributed by atoms with E-state index in [9.17, 15) is 32.5 Å². The number of ether oxygens (including phenoxy) is 1. The van der Waals surface area contributed by atoms with Gasteiger partial charge in [0.05, 0.1) is 29.3 Å². The molecule has 3 aliphatic rings. The summed E-state index contributed by atoms with van der Waals surface area (Å²) < 4.78 is 58.9. The molecular weight excluding hydrogens is 628 g/mol. The van der Waals surface area contributed by atoms with Crippen molar-refractivity contribution in [1.29, 1.82) is 0 Å². The van der Waals surface area contributed by atoms with E-state index in [1.54, 1.807) is 18.2 Å². The van der Waals surface area contributed by atoms with Crippen molar-refractivity contribution in [2.24, 2.45) is 5.92 Å². The summed E-state index contributed by atoms with van der Waals surface area (Å²) in [7, 11) is 0. The highest BCUT2D eigenvalue weighted by molar-refractivity contribution is 7.99. The SMILES string of the molecule is O=c1[nH]c(CSC2CCN(CC(F)(F)F)CC2)nc2cc(OCC3CC(N4CCN(c5ccc([N+](=O)[O-])cc5)CC4)C3)cc(F)c12. The fourth-order valence-corrected chi connectivity index (χ4v) is 7.64. The van der Waals surface area contributed by atoms with Crippen molar-refractivity contribution < 1.29 is 27.2 Å². The van der Waals surface area contributed by atoms with Gasteiger partial charge in [-0.05, 0) is 56.8 Å². The van der Waals surface area contributed by atoms with Crippen LogP contribution in [0.25, 0.3) is 10.9 Å². The van der Waals surface area contributed by atoms with Crippen LogP contribution >= 0.6 is 11.8 Å². The fraction of sp³-hybridized carbons (Fsp3) is 0.548. The van der Waals surface area contributed by atoms with Crippen molar-refractivity contribution in [3.8, 4) is 5.75 Å². The van der Waals surface area contributed by atoms with Crippen LogP contribution in [-0.4, -0.2) is 94.6 Å². The summed E-state index contributed by atoms with van der Waals surface area (Å²) in [5.74, 6) is 0.715.